The van der Waals surface area contributed by atoms with E-state index in [1.165, 1.54) is 11.8 Å². The summed E-state index contributed by atoms with van der Waals surface area (Å²) >= 11 is 3.26. The lowest BCUT2D eigenvalue weighted by molar-refractivity contribution is -0.114. The topological polar surface area (TPSA) is 60.5 Å². The fourth-order valence-electron chi connectivity index (χ4n) is 3.45. The number of hydrogen-bond donors (Lipinski definition) is 1. The van der Waals surface area contributed by atoms with Gasteiger partial charge in [-0.05, 0) is 42.3 Å². The SMILES string of the molecule is CC(=O)Nc1sc(Cc2ccc3c(c2)OCO3)c(C)c1-c1nc2ccccc2s1. The lowest BCUT2D eigenvalue weighted by Crippen LogP contribution is -2.05. The predicted octanol–water partition coefficient (Wildman–Crippen LogP) is 5.61. The van der Waals surface area contributed by atoms with E-state index in [2.05, 4.69) is 24.4 Å². The monoisotopic (exact) mass is 422 g/mol. The number of carbonyl (C=O) groups excluding carboxylic acids is 1. The molecule has 5 rings (SSSR count). The van der Waals surface area contributed by atoms with Crippen molar-refractivity contribution < 1.29 is 14.3 Å². The first-order chi connectivity index (χ1) is 14.1. The van der Waals surface area contributed by atoms with Gasteiger partial charge in [0.1, 0.15) is 10.0 Å². The van der Waals surface area contributed by atoms with Gasteiger partial charge in [-0.25, -0.2) is 4.98 Å². The Bertz CT molecular complexity index is 1210. The van der Waals surface area contributed by atoms with Gasteiger partial charge in [-0.2, -0.15) is 0 Å². The van der Waals surface area contributed by atoms with E-state index in [9.17, 15) is 4.79 Å². The molecule has 2 aromatic heterocycles. The van der Waals surface area contributed by atoms with Gasteiger partial charge in [-0.3, -0.25) is 4.79 Å². The van der Waals surface area contributed by atoms with Crippen molar-refractivity contribution in [1.82, 2.24) is 4.98 Å². The summed E-state index contributed by atoms with van der Waals surface area (Å²) in [6.45, 7) is 3.91. The molecule has 0 saturated carbocycles. The van der Waals surface area contributed by atoms with Gasteiger partial charge in [0.15, 0.2) is 11.5 Å². The minimum absolute atomic E-state index is 0.0803. The van der Waals surface area contributed by atoms with Crippen LogP contribution in [0.2, 0.25) is 0 Å². The van der Waals surface area contributed by atoms with Gasteiger partial charge in [0.2, 0.25) is 12.7 Å². The lowest BCUT2D eigenvalue weighted by atomic mass is 10.1. The molecule has 0 radical (unpaired) electrons. The number of amides is 1. The second-order valence-electron chi connectivity index (χ2n) is 6.89. The molecule has 4 aromatic rings. The third-order valence-electron chi connectivity index (χ3n) is 4.84. The van der Waals surface area contributed by atoms with Crippen LogP contribution in [0.3, 0.4) is 0 Å². The molecule has 0 unspecified atom stereocenters. The van der Waals surface area contributed by atoms with Crippen LogP contribution in [0.4, 0.5) is 5.00 Å². The summed E-state index contributed by atoms with van der Waals surface area (Å²) in [5.41, 5.74) is 4.28. The molecule has 0 saturated heterocycles. The number of nitrogens with one attached hydrogen (secondary N) is 1. The van der Waals surface area contributed by atoms with Crippen LogP contribution >= 0.6 is 22.7 Å². The fraction of sp³-hybridized carbons (Fsp3) is 0.182. The molecule has 29 heavy (non-hydrogen) atoms. The zero-order chi connectivity index (χ0) is 20.0. The Balaban J connectivity index is 1.57. The standard InChI is InChI=1S/C22H18N2O3S2/c1-12-19(10-14-7-8-16-17(9-14)27-11-26-16)29-21(23-13(2)25)20(12)22-24-15-5-3-4-6-18(15)28-22/h3-9H,10-11H2,1-2H3,(H,23,25). The van der Waals surface area contributed by atoms with Crippen LogP contribution in [0.1, 0.15) is 22.9 Å². The fourth-order valence-corrected chi connectivity index (χ4v) is 5.88. The van der Waals surface area contributed by atoms with E-state index in [4.69, 9.17) is 14.5 Å². The molecule has 5 nitrogen and oxygen atoms in total. The minimum Gasteiger partial charge on any atom is -0.454 e. The van der Waals surface area contributed by atoms with Crippen molar-refractivity contribution >= 4 is 43.8 Å². The Morgan fingerprint density at radius 2 is 1.97 bits per heavy atom. The number of anilines is 1. The Hall–Kier alpha value is -2.90. The van der Waals surface area contributed by atoms with Crippen molar-refractivity contribution in [2.24, 2.45) is 0 Å². The van der Waals surface area contributed by atoms with Gasteiger partial charge >= 0.3 is 0 Å². The third-order valence-corrected chi connectivity index (χ3v) is 7.11. The molecule has 0 aliphatic carbocycles. The number of fused-ring (bicyclic) bond motifs is 2. The number of para-hydroxylation sites is 1. The summed E-state index contributed by atoms with van der Waals surface area (Å²) in [5, 5.41) is 4.79. The Labute approximate surface area is 175 Å². The molecule has 0 atom stereocenters. The summed E-state index contributed by atoms with van der Waals surface area (Å²) < 4.78 is 12.1. The average molecular weight is 423 g/mol. The number of aromatic nitrogens is 1. The van der Waals surface area contributed by atoms with Crippen LogP contribution < -0.4 is 14.8 Å². The number of ether oxygens (including phenoxy) is 2. The smallest absolute Gasteiger partial charge is 0.231 e. The Kier molecular flexibility index (Phi) is 4.49. The summed E-state index contributed by atoms with van der Waals surface area (Å²) in [5.74, 6) is 1.49. The molecule has 0 bridgehead atoms. The predicted molar refractivity (Wildman–Crippen MR) is 117 cm³/mol. The number of hydrogen-bond acceptors (Lipinski definition) is 6. The van der Waals surface area contributed by atoms with Crippen molar-refractivity contribution in [2.75, 3.05) is 12.1 Å². The van der Waals surface area contributed by atoms with E-state index in [-0.39, 0.29) is 12.7 Å². The molecule has 0 spiro atoms. The zero-order valence-corrected chi connectivity index (χ0v) is 17.6. The van der Waals surface area contributed by atoms with Gasteiger partial charge in [0, 0.05) is 23.8 Å². The van der Waals surface area contributed by atoms with Crippen molar-refractivity contribution in [3.63, 3.8) is 0 Å². The van der Waals surface area contributed by atoms with E-state index in [0.717, 1.165) is 54.8 Å². The number of thiazole rings is 1. The van der Waals surface area contributed by atoms with Gasteiger partial charge < -0.3 is 14.8 Å². The van der Waals surface area contributed by atoms with Gasteiger partial charge in [0.05, 0.1) is 10.2 Å². The maximum Gasteiger partial charge on any atom is 0.231 e. The van der Waals surface area contributed by atoms with E-state index in [1.807, 2.05) is 30.3 Å². The largest absolute Gasteiger partial charge is 0.454 e. The van der Waals surface area contributed by atoms with Crippen LogP contribution in [0.15, 0.2) is 42.5 Å². The normalized spacial score (nSPS) is 12.5. The highest BCUT2D eigenvalue weighted by Crippen LogP contribution is 2.44. The first kappa shape index (κ1) is 18.1. The number of benzene rings is 2. The highest BCUT2D eigenvalue weighted by molar-refractivity contribution is 7.22. The molecule has 146 valence electrons. The highest BCUT2D eigenvalue weighted by Gasteiger charge is 2.21. The quantitative estimate of drug-likeness (QED) is 0.464. The molecular weight excluding hydrogens is 404 g/mol. The molecule has 7 heteroatoms. The van der Waals surface area contributed by atoms with E-state index < -0.39 is 0 Å². The van der Waals surface area contributed by atoms with Crippen molar-refractivity contribution in [3.05, 3.63) is 58.5 Å². The van der Waals surface area contributed by atoms with Crippen molar-refractivity contribution in [2.45, 2.75) is 20.3 Å². The molecule has 1 aliphatic rings. The van der Waals surface area contributed by atoms with Crippen LogP contribution in [-0.2, 0) is 11.2 Å². The van der Waals surface area contributed by atoms with Gasteiger partial charge in [-0.15, -0.1) is 22.7 Å². The van der Waals surface area contributed by atoms with Crippen molar-refractivity contribution in [1.29, 1.82) is 0 Å². The average Bonchev–Trinajstić information content (AvgIpc) is 3.38. The van der Waals surface area contributed by atoms with Gasteiger partial charge in [0.25, 0.3) is 0 Å². The van der Waals surface area contributed by atoms with E-state index in [0.29, 0.717) is 0 Å². The number of rotatable bonds is 4. The Morgan fingerprint density at radius 1 is 1.14 bits per heavy atom. The number of carbonyl (C=O) groups is 1. The molecule has 3 heterocycles. The third kappa shape index (κ3) is 3.36. The van der Waals surface area contributed by atoms with E-state index in [1.54, 1.807) is 22.7 Å². The number of thiophene rings is 1. The molecule has 2 aromatic carbocycles. The lowest BCUT2D eigenvalue weighted by Gasteiger charge is -2.04. The van der Waals surface area contributed by atoms with Crippen LogP contribution in [0, 0.1) is 6.92 Å². The second-order valence-corrected chi connectivity index (χ2v) is 9.02. The van der Waals surface area contributed by atoms with Crippen molar-refractivity contribution in [3.8, 4) is 22.1 Å². The minimum atomic E-state index is -0.0803. The second kappa shape index (κ2) is 7.17. The molecule has 1 aliphatic heterocycles. The molecule has 1 amide bonds. The molecular formula is C22H18N2O3S2. The summed E-state index contributed by atoms with van der Waals surface area (Å²) in [7, 11) is 0. The maximum absolute atomic E-state index is 11.8. The Morgan fingerprint density at radius 3 is 2.79 bits per heavy atom. The van der Waals surface area contributed by atoms with Crippen LogP contribution in [0.25, 0.3) is 20.8 Å². The van der Waals surface area contributed by atoms with Gasteiger partial charge in [-0.1, -0.05) is 18.2 Å². The highest BCUT2D eigenvalue weighted by atomic mass is 32.1. The van der Waals surface area contributed by atoms with E-state index >= 15 is 0 Å². The first-order valence-electron chi connectivity index (χ1n) is 9.23. The number of nitrogens with zero attached hydrogens (tertiary/aromatic N) is 1. The summed E-state index contributed by atoms with van der Waals surface area (Å²) in [4.78, 5) is 17.8. The van der Waals surface area contributed by atoms with Crippen LogP contribution in [0.5, 0.6) is 11.5 Å². The summed E-state index contributed by atoms with van der Waals surface area (Å²) in [6.07, 6.45) is 0.755. The molecule has 0 fully saturated rings. The summed E-state index contributed by atoms with van der Waals surface area (Å²) in [6, 6.07) is 14.1. The molecule has 1 N–H and O–H groups in total. The maximum atomic E-state index is 11.8. The first-order valence-corrected chi connectivity index (χ1v) is 10.9. The zero-order valence-electron chi connectivity index (χ0n) is 15.9. The van der Waals surface area contributed by atoms with Crippen LogP contribution in [-0.4, -0.2) is 17.7 Å².